The molecule has 6 heteroatoms. The number of benzene rings is 2. The smallest absolute Gasteiger partial charge is 0.416 e. The fraction of sp³-hybridized carbons (Fsp3) is 0.0667. The number of nitriles is 2. The summed E-state index contributed by atoms with van der Waals surface area (Å²) < 4.78 is 43.1. The van der Waals surface area contributed by atoms with Gasteiger partial charge in [-0.1, -0.05) is 6.07 Å². The van der Waals surface area contributed by atoms with Gasteiger partial charge in [0.2, 0.25) is 0 Å². The lowest BCUT2D eigenvalue weighted by Gasteiger charge is -2.10. The number of alkyl halides is 3. The molecule has 0 saturated carbocycles. The summed E-state index contributed by atoms with van der Waals surface area (Å²) >= 11 is 0. The molecule has 21 heavy (non-hydrogen) atoms. The van der Waals surface area contributed by atoms with E-state index in [9.17, 15) is 13.2 Å². The molecule has 2 rings (SSSR count). The van der Waals surface area contributed by atoms with Crippen molar-refractivity contribution in [3.63, 3.8) is 0 Å². The summed E-state index contributed by atoms with van der Waals surface area (Å²) in [5.41, 5.74) is -0.551. The predicted octanol–water partition coefficient (Wildman–Crippen LogP) is 4.24. The van der Waals surface area contributed by atoms with Crippen molar-refractivity contribution in [2.24, 2.45) is 0 Å². The van der Waals surface area contributed by atoms with Crippen LogP contribution >= 0.6 is 0 Å². The largest absolute Gasteiger partial charge is 0.457 e. The Balaban J connectivity index is 2.31. The zero-order chi connectivity index (χ0) is 15.5. The molecule has 0 aliphatic carbocycles. The summed E-state index contributed by atoms with van der Waals surface area (Å²) in [4.78, 5) is 0. The molecule has 0 bridgehead atoms. The van der Waals surface area contributed by atoms with Crippen LogP contribution in [-0.2, 0) is 6.18 Å². The van der Waals surface area contributed by atoms with Crippen LogP contribution in [0.2, 0.25) is 0 Å². The number of halogens is 3. The zero-order valence-corrected chi connectivity index (χ0v) is 10.5. The van der Waals surface area contributed by atoms with E-state index < -0.39 is 11.7 Å². The van der Waals surface area contributed by atoms with Gasteiger partial charge in [0, 0.05) is 0 Å². The van der Waals surface area contributed by atoms with Gasteiger partial charge in [-0.05, 0) is 36.4 Å². The Morgan fingerprint density at radius 2 is 1.52 bits per heavy atom. The summed E-state index contributed by atoms with van der Waals surface area (Å²) in [7, 11) is 0. The number of hydrogen-bond acceptors (Lipinski definition) is 3. The summed E-state index contributed by atoms with van der Waals surface area (Å²) in [6, 6.07) is 12.2. The second-order valence-electron chi connectivity index (χ2n) is 4.06. The van der Waals surface area contributed by atoms with Crippen LogP contribution in [-0.4, -0.2) is 0 Å². The van der Waals surface area contributed by atoms with Crippen LogP contribution in [0.4, 0.5) is 13.2 Å². The Hall–Kier alpha value is -2.99. The van der Waals surface area contributed by atoms with Crippen LogP contribution in [0.15, 0.2) is 42.5 Å². The van der Waals surface area contributed by atoms with Crippen LogP contribution in [0.5, 0.6) is 11.5 Å². The van der Waals surface area contributed by atoms with E-state index in [0.29, 0.717) is 0 Å². The number of ether oxygens (including phenoxy) is 1. The van der Waals surface area contributed by atoms with Crippen LogP contribution in [0, 0.1) is 22.7 Å². The van der Waals surface area contributed by atoms with E-state index in [0.717, 1.165) is 12.1 Å². The molecule has 0 amide bonds. The van der Waals surface area contributed by atoms with Gasteiger partial charge in [-0.15, -0.1) is 0 Å². The van der Waals surface area contributed by atoms with Crippen LogP contribution in [0.3, 0.4) is 0 Å². The van der Waals surface area contributed by atoms with E-state index in [-0.39, 0.29) is 22.6 Å². The fourth-order valence-corrected chi connectivity index (χ4v) is 1.65. The lowest BCUT2D eigenvalue weighted by atomic mass is 10.1. The van der Waals surface area contributed by atoms with Gasteiger partial charge in [-0.3, -0.25) is 0 Å². The Bertz CT molecular complexity index is 755. The summed E-state index contributed by atoms with van der Waals surface area (Å²) in [5.74, 6) is 0.184. The fourth-order valence-electron chi connectivity index (χ4n) is 1.65. The molecular formula is C15H7F3N2O. The summed E-state index contributed by atoms with van der Waals surface area (Å²) in [6.45, 7) is 0. The molecule has 0 fully saturated rings. The Kier molecular flexibility index (Phi) is 3.82. The molecule has 2 aromatic carbocycles. The number of rotatable bonds is 2. The van der Waals surface area contributed by atoms with Crippen molar-refractivity contribution in [2.45, 2.75) is 6.18 Å². The first-order chi connectivity index (χ1) is 9.94. The molecule has 0 N–H and O–H groups in total. The van der Waals surface area contributed by atoms with E-state index in [1.165, 1.54) is 30.3 Å². The maximum atomic E-state index is 12.6. The quantitative estimate of drug-likeness (QED) is 0.830. The second-order valence-corrected chi connectivity index (χ2v) is 4.06. The van der Waals surface area contributed by atoms with Crippen molar-refractivity contribution in [3.8, 4) is 23.6 Å². The molecule has 0 aliphatic heterocycles. The molecule has 2 aromatic rings. The Labute approximate surface area is 118 Å². The topological polar surface area (TPSA) is 56.8 Å². The van der Waals surface area contributed by atoms with Crippen LogP contribution < -0.4 is 4.74 Å². The normalized spacial score (nSPS) is 10.5. The summed E-state index contributed by atoms with van der Waals surface area (Å²) in [5, 5.41) is 17.7. The third-order valence-electron chi connectivity index (χ3n) is 2.63. The van der Waals surface area contributed by atoms with Gasteiger partial charge in [0.25, 0.3) is 0 Å². The van der Waals surface area contributed by atoms with Crippen molar-refractivity contribution < 1.29 is 17.9 Å². The van der Waals surface area contributed by atoms with Crippen LogP contribution in [0.25, 0.3) is 0 Å². The lowest BCUT2D eigenvalue weighted by Crippen LogP contribution is -2.04. The minimum atomic E-state index is -4.46. The van der Waals surface area contributed by atoms with E-state index >= 15 is 0 Å². The van der Waals surface area contributed by atoms with Crippen molar-refractivity contribution in [2.75, 3.05) is 0 Å². The Morgan fingerprint density at radius 1 is 0.857 bits per heavy atom. The highest BCUT2D eigenvalue weighted by atomic mass is 19.4. The zero-order valence-electron chi connectivity index (χ0n) is 10.5. The van der Waals surface area contributed by atoms with E-state index in [1.807, 2.05) is 12.1 Å². The first-order valence-electron chi connectivity index (χ1n) is 5.73. The molecule has 0 spiro atoms. The van der Waals surface area contributed by atoms with E-state index in [4.69, 9.17) is 15.3 Å². The first kappa shape index (κ1) is 14.4. The predicted molar refractivity (Wildman–Crippen MR) is 67.4 cm³/mol. The highest BCUT2D eigenvalue weighted by molar-refractivity contribution is 5.50. The van der Waals surface area contributed by atoms with Crippen molar-refractivity contribution in [1.29, 1.82) is 10.5 Å². The van der Waals surface area contributed by atoms with Crippen LogP contribution in [0.1, 0.15) is 16.7 Å². The van der Waals surface area contributed by atoms with Crippen molar-refractivity contribution in [1.82, 2.24) is 0 Å². The number of nitrogens with zero attached hydrogens (tertiary/aromatic N) is 2. The third kappa shape index (κ3) is 3.31. The maximum Gasteiger partial charge on any atom is 0.416 e. The van der Waals surface area contributed by atoms with Gasteiger partial charge >= 0.3 is 6.18 Å². The van der Waals surface area contributed by atoms with Gasteiger partial charge in [0.05, 0.1) is 16.7 Å². The minimum Gasteiger partial charge on any atom is -0.457 e. The standard InChI is InChI=1S/C15H7F3N2O/c16-15(17,18)12-2-1-3-13(7-12)21-14-5-4-10(8-19)11(6-14)9-20/h1-7H. The van der Waals surface area contributed by atoms with Crippen molar-refractivity contribution >= 4 is 0 Å². The number of hydrogen-bond donors (Lipinski definition) is 0. The summed E-state index contributed by atoms with van der Waals surface area (Å²) in [6.07, 6.45) is -4.46. The molecule has 104 valence electrons. The van der Waals surface area contributed by atoms with Gasteiger partial charge in [0.1, 0.15) is 23.6 Å². The molecule has 0 aromatic heterocycles. The molecule has 0 aliphatic rings. The van der Waals surface area contributed by atoms with Gasteiger partial charge in [-0.25, -0.2) is 0 Å². The van der Waals surface area contributed by atoms with Gasteiger partial charge < -0.3 is 4.74 Å². The molecular weight excluding hydrogens is 281 g/mol. The molecule has 0 radical (unpaired) electrons. The average molecular weight is 288 g/mol. The highest BCUT2D eigenvalue weighted by Gasteiger charge is 2.30. The maximum absolute atomic E-state index is 12.6. The second kappa shape index (κ2) is 5.56. The first-order valence-corrected chi connectivity index (χ1v) is 5.73. The molecule has 0 unspecified atom stereocenters. The van der Waals surface area contributed by atoms with E-state index in [2.05, 4.69) is 0 Å². The highest BCUT2D eigenvalue weighted by Crippen LogP contribution is 2.32. The average Bonchev–Trinajstić information content (AvgIpc) is 2.46. The SMILES string of the molecule is N#Cc1ccc(Oc2cccc(C(F)(F)F)c2)cc1C#N. The minimum absolute atomic E-state index is 0.00146. The molecule has 3 nitrogen and oxygen atoms in total. The molecule has 0 heterocycles. The van der Waals surface area contributed by atoms with E-state index in [1.54, 1.807) is 0 Å². The lowest BCUT2D eigenvalue weighted by molar-refractivity contribution is -0.137. The van der Waals surface area contributed by atoms with Gasteiger partial charge in [0.15, 0.2) is 0 Å². The van der Waals surface area contributed by atoms with Gasteiger partial charge in [-0.2, -0.15) is 23.7 Å². The molecule has 0 atom stereocenters. The third-order valence-corrected chi connectivity index (χ3v) is 2.63. The van der Waals surface area contributed by atoms with Crippen molar-refractivity contribution in [3.05, 3.63) is 59.2 Å². The molecule has 0 saturated heterocycles. The monoisotopic (exact) mass is 288 g/mol. The Morgan fingerprint density at radius 3 is 2.14 bits per heavy atom.